The van der Waals surface area contributed by atoms with Crippen LogP contribution in [-0.2, 0) is 4.79 Å². The third kappa shape index (κ3) is 5.21. The van der Waals surface area contributed by atoms with Crippen LogP contribution in [-0.4, -0.2) is 29.6 Å². The number of nitrogens with one attached hydrogen (secondary N) is 2. The third-order valence-corrected chi connectivity index (χ3v) is 4.04. The lowest BCUT2D eigenvalue weighted by atomic mass is 10.0. The summed E-state index contributed by atoms with van der Waals surface area (Å²) in [6.45, 7) is 1.82. The van der Waals surface area contributed by atoms with Gasteiger partial charge in [-0.05, 0) is 49.4 Å². The molecule has 2 atom stereocenters. The van der Waals surface area contributed by atoms with Gasteiger partial charge in [-0.2, -0.15) is 0 Å². The Morgan fingerprint density at radius 3 is 2.61 bits per heavy atom. The van der Waals surface area contributed by atoms with Gasteiger partial charge in [-0.1, -0.05) is 19.1 Å². The predicted molar refractivity (Wildman–Crippen MR) is 90.2 cm³/mol. The number of carbonyl (C=O) groups is 2. The Bertz CT molecular complexity index is 562. The van der Waals surface area contributed by atoms with Gasteiger partial charge in [0, 0.05) is 17.7 Å². The molecule has 2 unspecified atom stereocenters. The number of rotatable bonds is 7. The molecule has 1 aliphatic carbocycles. The topological polar surface area (TPSA) is 78.4 Å². The Kier molecular flexibility index (Phi) is 6.35. The maximum atomic E-state index is 12.0. The smallest absolute Gasteiger partial charge is 0.251 e. The highest BCUT2D eigenvalue weighted by Gasteiger charge is 2.15. The van der Waals surface area contributed by atoms with Crippen LogP contribution in [0.5, 0.6) is 0 Å². The lowest BCUT2D eigenvalue weighted by Crippen LogP contribution is -2.36. The van der Waals surface area contributed by atoms with Gasteiger partial charge in [0.15, 0.2) is 0 Å². The Hall–Kier alpha value is -2.14. The minimum Gasteiger partial charge on any atom is -0.394 e. The highest BCUT2D eigenvalue weighted by Crippen LogP contribution is 2.21. The van der Waals surface area contributed by atoms with Crippen molar-refractivity contribution in [1.82, 2.24) is 5.32 Å². The molecule has 0 saturated heterocycles. The molecule has 1 aromatic carbocycles. The van der Waals surface area contributed by atoms with Gasteiger partial charge in [0.1, 0.15) is 0 Å². The highest BCUT2D eigenvalue weighted by atomic mass is 16.3. The molecule has 2 rings (SSSR count). The molecule has 124 valence electrons. The summed E-state index contributed by atoms with van der Waals surface area (Å²) in [6.07, 6.45) is 7.46. The fraction of sp³-hybridized carbons (Fsp3) is 0.444. The van der Waals surface area contributed by atoms with Crippen LogP contribution in [0.15, 0.2) is 36.4 Å². The van der Waals surface area contributed by atoms with Crippen molar-refractivity contribution in [2.75, 3.05) is 11.9 Å². The summed E-state index contributed by atoms with van der Waals surface area (Å²) in [5.41, 5.74) is 1.19. The first-order valence-electron chi connectivity index (χ1n) is 8.10. The number of anilines is 1. The quantitative estimate of drug-likeness (QED) is 0.676. The molecule has 5 nitrogen and oxygen atoms in total. The van der Waals surface area contributed by atoms with Gasteiger partial charge in [0.05, 0.1) is 12.6 Å². The maximum Gasteiger partial charge on any atom is 0.251 e. The molecule has 5 heteroatoms. The van der Waals surface area contributed by atoms with Crippen LogP contribution < -0.4 is 10.6 Å². The normalized spacial score (nSPS) is 17.7. The van der Waals surface area contributed by atoms with E-state index in [0.717, 1.165) is 12.8 Å². The molecule has 1 aliphatic rings. The highest BCUT2D eigenvalue weighted by molar-refractivity contribution is 5.96. The number of benzene rings is 1. The van der Waals surface area contributed by atoms with Crippen LogP contribution in [0.3, 0.4) is 0 Å². The second kappa shape index (κ2) is 8.48. The molecule has 0 spiro atoms. The van der Waals surface area contributed by atoms with E-state index in [0.29, 0.717) is 30.0 Å². The molecular weight excluding hydrogens is 292 g/mol. The molecule has 1 aromatic rings. The van der Waals surface area contributed by atoms with Crippen LogP contribution in [0.25, 0.3) is 0 Å². The van der Waals surface area contributed by atoms with Crippen molar-refractivity contribution in [3.63, 3.8) is 0 Å². The average Bonchev–Trinajstić information content (AvgIpc) is 3.05. The molecule has 0 aromatic heterocycles. The summed E-state index contributed by atoms with van der Waals surface area (Å²) < 4.78 is 0. The molecule has 0 aliphatic heterocycles. The largest absolute Gasteiger partial charge is 0.394 e. The van der Waals surface area contributed by atoms with E-state index < -0.39 is 0 Å². The second-order valence-corrected chi connectivity index (χ2v) is 5.86. The van der Waals surface area contributed by atoms with E-state index in [1.807, 2.05) is 6.92 Å². The lowest BCUT2D eigenvalue weighted by molar-refractivity contribution is -0.116. The molecule has 0 bridgehead atoms. The van der Waals surface area contributed by atoms with E-state index in [1.165, 1.54) is 0 Å². The third-order valence-electron chi connectivity index (χ3n) is 4.04. The molecule has 2 amide bonds. The van der Waals surface area contributed by atoms with E-state index in [4.69, 9.17) is 5.11 Å². The zero-order valence-electron chi connectivity index (χ0n) is 13.4. The van der Waals surface area contributed by atoms with E-state index in [9.17, 15) is 9.59 Å². The molecule has 3 N–H and O–H groups in total. The molecule has 0 saturated carbocycles. The second-order valence-electron chi connectivity index (χ2n) is 5.86. The van der Waals surface area contributed by atoms with Crippen molar-refractivity contribution in [2.24, 2.45) is 5.92 Å². The molecule has 0 radical (unpaired) electrons. The number of hydrogen-bond donors (Lipinski definition) is 3. The van der Waals surface area contributed by atoms with Crippen molar-refractivity contribution in [1.29, 1.82) is 0 Å². The van der Waals surface area contributed by atoms with Crippen LogP contribution in [0.4, 0.5) is 5.69 Å². The zero-order chi connectivity index (χ0) is 16.7. The van der Waals surface area contributed by atoms with Crippen LogP contribution >= 0.6 is 0 Å². The summed E-state index contributed by atoms with van der Waals surface area (Å²) in [6, 6.07) is 6.55. The van der Waals surface area contributed by atoms with E-state index in [2.05, 4.69) is 22.8 Å². The van der Waals surface area contributed by atoms with E-state index in [1.54, 1.807) is 24.3 Å². The summed E-state index contributed by atoms with van der Waals surface area (Å²) in [5, 5.41) is 14.7. The van der Waals surface area contributed by atoms with Crippen molar-refractivity contribution in [3.8, 4) is 0 Å². The van der Waals surface area contributed by atoms with Gasteiger partial charge >= 0.3 is 0 Å². The SMILES string of the molecule is CCC(CO)NC(=O)c1ccc(NC(=O)CC2C=CCC2)cc1. The van der Waals surface area contributed by atoms with E-state index in [-0.39, 0.29) is 24.5 Å². The minimum absolute atomic E-state index is 0.00919. The fourth-order valence-corrected chi connectivity index (χ4v) is 2.57. The first-order chi connectivity index (χ1) is 11.1. The van der Waals surface area contributed by atoms with Crippen LogP contribution in [0.1, 0.15) is 43.0 Å². The standard InChI is InChI=1S/C18H24N2O3/c1-2-15(12-21)20-18(23)14-7-9-16(10-8-14)19-17(22)11-13-5-3-4-6-13/h3,5,7-10,13,15,21H,2,4,6,11-12H2,1H3,(H,19,22)(H,20,23). The van der Waals surface area contributed by atoms with Crippen molar-refractivity contribution in [3.05, 3.63) is 42.0 Å². The number of amides is 2. The summed E-state index contributed by atoms with van der Waals surface area (Å²) in [4.78, 5) is 24.0. The van der Waals surface area contributed by atoms with Gasteiger partial charge in [-0.25, -0.2) is 0 Å². The average molecular weight is 316 g/mol. The number of hydrogen-bond acceptors (Lipinski definition) is 3. The summed E-state index contributed by atoms with van der Waals surface area (Å²) >= 11 is 0. The Labute approximate surface area is 136 Å². The fourth-order valence-electron chi connectivity index (χ4n) is 2.57. The van der Waals surface area contributed by atoms with Gasteiger partial charge in [0.2, 0.25) is 5.91 Å². The number of aliphatic hydroxyl groups is 1. The van der Waals surface area contributed by atoms with E-state index >= 15 is 0 Å². The molecule has 23 heavy (non-hydrogen) atoms. The molecule has 0 heterocycles. The summed E-state index contributed by atoms with van der Waals surface area (Å²) in [5.74, 6) is 0.106. The Morgan fingerprint density at radius 1 is 1.30 bits per heavy atom. The van der Waals surface area contributed by atoms with Crippen molar-refractivity contribution < 1.29 is 14.7 Å². The number of aliphatic hydroxyl groups excluding tert-OH is 1. The Balaban J connectivity index is 1.87. The minimum atomic E-state index is -0.235. The van der Waals surface area contributed by atoms with Crippen molar-refractivity contribution >= 4 is 17.5 Å². The first-order valence-corrected chi connectivity index (χ1v) is 8.10. The number of carbonyl (C=O) groups excluding carboxylic acids is 2. The summed E-state index contributed by atoms with van der Waals surface area (Å²) in [7, 11) is 0. The first kappa shape index (κ1) is 17.2. The Morgan fingerprint density at radius 2 is 2.04 bits per heavy atom. The van der Waals surface area contributed by atoms with Crippen LogP contribution in [0.2, 0.25) is 0 Å². The predicted octanol–water partition coefficient (Wildman–Crippen LogP) is 2.48. The monoisotopic (exact) mass is 316 g/mol. The zero-order valence-corrected chi connectivity index (χ0v) is 13.4. The maximum absolute atomic E-state index is 12.0. The molecular formula is C18H24N2O3. The van der Waals surface area contributed by atoms with Gasteiger partial charge < -0.3 is 15.7 Å². The van der Waals surface area contributed by atoms with Crippen LogP contribution in [0, 0.1) is 5.92 Å². The molecule has 0 fully saturated rings. The van der Waals surface area contributed by atoms with Gasteiger partial charge in [-0.3, -0.25) is 9.59 Å². The van der Waals surface area contributed by atoms with Crippen molar-refractivity contribution in [2.45, 2.75) is 38.6 Å². The van der Waals surface area contributed by atoms with Gasteiger partial charge in [0.25, 0.3) is 5.91 Å². The lowest BCUT2D eigenvalue weighted by Gasteiger charge is -2.14. The van der Waals surface area contributed by atoms with Gasteiger partial charge in [-0.15, -0.1) is 0 Å². The number of allylic oxidation sites excluding steroid dienone is 2.